The fourth-order valence-corrected chi connectivity index (χ4v) is 2.01. The number of carbonyl (C=O) groups is 1. The summed E-state index contributed by atoms with van der Waals surface area (Å²) in [5, 5.41) is 0.829. The van der Waals surface area contributed by atoms with Crippen LogP contribution in [0.2, 0.25) is 0 Å². The summed E-state index contributed by atoms with van der Waals surface area (Å²) in [4.78, 5) is 11.7. The number of hydrogen-bond donors (Lipinski definition) is 0. The lowest BCUT2D eigenvalue weighted by Gasteiger charge is -2.09. The van der Waals surface area contributed by atoms with Gasteiger partial charge in [-0.1, -0.05) is 22.4 Å². The molecule has 1 nitrogen and oxygen atoms in total. The van der Waals surface area contributed by atoms with Gasteiger partial charge in [-0.3, -0.25) is 4.79 Å². The first-order valence-corrected chi connectivity index (χ1v) is 6.94. The molecular formula is C13H13BrF4O. The third-order valence-electron chi connectivity index (χ3n) is 2.63. The highest BCUT2D eigenvalue weighted by Gasteiger charge is 2.34. The minimum absolute atomic E-state index is 0.0902. The van der Waals surface area contributed by atoms with Crippen LogP contribution in [-0.4, -0.2) is 11.1 Å². The highest BCUT2D eigenvalue weighted by Crippen LogP contribution is 2.32. The first kappa shape index (κ1) is 16.1. The van der Waals surface area contributed by atoms with E-state index in [1.54, 1.807) is 0 Å². The Bertz CT molecular complexity index is 443. The van der Waals surface area contributed by atoms with E-state index in [9.17, 15) is 22.4 Å². The molecule has 0 aliphatic heterocycles. The largest absolute Gasteiger partial charge is 0.419 e. The molecule has 0 heterocycles. The number of Topliss-reactive ketones (excluding diaryl/α,β-unsaturated/α-hetero) is 1. The van der Waals surface area contributed by atoms with Crippen molar-refractivity contribution in [1.82, 2.24) is 0 Å². The lowest BCUT2D eigenvalue weighted by atomic mass is 10.0. The molecule has 0 aliphatic rings. The second kappa shape index (κ2) is 7.03. The Labute approximate surface area is 117 Å². The van der Waals surface area contributed by atoms with Gasteiger partial charge < -0.3 is 0 Å². The molecule has 0 unspecified atom stereocenters. The molecule has 0 radical (unpaired) electrons. The summed E-state index contributed by atoms with van der Waals surface area (Å²) in [5.41, 5.74) is -1.48. The second-order valence-corrected chi connectivity index (χ2v) is 4.91. The molecule has 19 heavy (non-hydrogen) atoms. The molecular weight excluding hydrogens is 328 g/mol. The first-order valence-electron chi connectivity index (χ1n) is 5.82. The zero-order valence-electron chi connectivity index (χ0n) is 10.1. The van der Waals surface area contributed by atoms with Crippen molar-refractivity contribution in [1.29, 1.82) is 0 Å². The van der Waals surface area contributed by atoms with E-state index in [0.717, 1.165) is 24.2 Å². The number of hydrogen-bond acceptors (Lipinski definition) is 1. The van der Waals surface area contributed by atoms with Crippen LogP contribution in [0.5, 0.6) is 0 Å². The number of rotatable bonds is 6. The van der Waals surface area contributed by atoms with Crippen molar-refractivity contribution in [3.8, 4) is 0 Å². The van der Waals surface area contributed by atoms with Gasteiger partial charge in [0.1, 0.15) is 5.82 Å². The average Bonchev–Trinajstić information content (AvgIpc) is 2.33. The second-order valence-electron chi connectivity index (χ2n) is 4.12. The minimum Gasteiger partial charge on any atom is -0.294 e. The quantitative estimate of drug-likeness (QED) is 0.309. The number of alkyl halides is 4. The predicted octanol–water partition coefficient (Wildman–Crippen LogP) is 4.98. The Kier molecular flexibility index (Phi) is 5.97. The molecule has 1 aromatic carbocycles. The number of carbonyl (C=O) groups excluding carboxylic acids is 1. The van der Waals surface area contributed by atoms with Crippen LogP contribution >= 0.6 is 15.9 Å². The van der Waals surface area contributed by atoms with Gasteiger partial charge in [0.25, 0.3) is 0 Å². The molecule has 0 atom stereocenters. The van der Waals surface area contributed by atoms with Gasteiger partial charge >= 0.3 is 6.18 Å². The molecule has 0 spiro atoms. The summed E-state index contributed by atoms with van der Waals surface area (Å²) >= 11 is 3.25. The van der Waals surface area contributed by atoms with Gasteiger partial charge in [-0.05, 0) is 31.0 Å². The molecule has 0 amide bonds. The van der Waals surface area contributed by atoms with Crippen LogP contribution in [0, 0.1) is 5.82 Å². The maximum absolute atomic E-state index is 13.0. The van der Waals surface area contributed by atoms with Crippen molar-refractivity contribution >= 4 is 21.7 Å². The number of unbranched alkanes of at least 4 members (excludes halogenated alkanes) is 2. The summed E-state index contributed by atoms with van der Waals surface area (Å²) in [6.07, 6.45) is -2.26. The van der Waals surface area contributed by atoms with Crippen LogP contribution in [0.3, 0.4) is 0 Å². The summed E-state index contributed by atoms with van der Waals surface area (Å²) in [7, 11) is 0. The van der Waals surface area contributed by atoms with Crippen LogP contribution in [-0.2, 0) is 6.18 Å². The maximum atomic E-state index is 13.0. The Balaban J connectivity index is 2.76. The first-order chi connectivity index (χ1) is 8.86. The SMILES string of the molecule is O=C(CCCCCBr)c1ccc(F)c(C(F)(F)F)c1. The summed E-state index contributed by atoms with van der Waals surface area (Å²) in [5.74, 6) is -1.75. The maximum Gasteiger partial charge on any atom is 0.419 e. The molecule has 0 N–H and O–H groups in total. The smallest absolute Gasteiger partial charge is 0.294 e. The van der Waals surface area contributed by atoms with Gasteiger partial charge in [-0.2, -0.15) is 13.2 Å². The molecule has 106 valence electrons. The van der Waals surface area contributed by atoms with Crippen molar-refractivity contribution in [2.24, 2.45) is 0 Å². The molecule has 0 saturated carbocycles. The highest BCUT2D eigenvalue weighted by molar-refractivity contribution is 9.09. The van der Waals surface area contributed by atoms with E-state index in [4.69, 9.17) is 0 Å². The lowest BCUT2D eigenvalue weighted by molar-refractivity contribution is -0.140. The van der Waals surface area contributed by atoms with Crippen molar-refractivity contribution in [2.45, 2.75) is 31.9 Å². The van der Waals surface area contributed by atoms with Gasteiger partial charge in [-0.15, -0.1) is 0 Å². The fraction of sp³-hybridized carbons (Fsp3) is 0.462. The Morgan fingerprint density at radius 3 is 2.42 bits per heavy atom. The van der Waals surface area contributed by atoms with Gasteiger partial charge in [0, 0.05) is 17.3 Å². The van der Waals surface area contributed by atoms with Crippen molar-refractivity contribution in [3.05, 3.63) is 35.1 Å². The normalized spacial score (nSPS) is 11.6. The highest BCUT2D eigenvalue weighted by atomic mass is 79.9. The molecule has 6 heteroatoms. The Morgan fingerprint density at radius 1 is 1.16 bits per heavy atom. The molecule has 1 rings (SSSR count). The van der Waals surface area contributed by atoms with E-state index in [1.165, 1.54) is 0 Å². The lowest BCUT2D eigenvalue weighted by Crippen LogP contribution is -2.10. The molecule has 1 aromatic rings. The monoisotopic (exact) mass is 340 g/mol. The van der Waals surface area contributed by atoms with Gasteiger partial charge in [0.15, 0.2) is 5.78 Å². The van der Waals surface area contributed by atoms with Crippen molar-refractivity contribution in [3.63, 3.8) is 0 Å². The van der Waals surface area contributed by atoms with Crippen LogP contribution in [0.25, 0.3) is 0 Å². The van der Waals surface area contributed by atoms with Crippen LogP contribution in [0.15, 0.2) is 18.2 Å². The summed E-state index contributed by atoms with van der Waals surface area (Å²) in [6.45, 7) is 0. The number of benzene rings is 1. The Hall–Kier alpha value is -0.910. The molecule has 0 aliphatic carbocycles. The zero-order chi connectivity index (χ0) is 14.5. The van der Waals surface area contributed by atoms with E-state index in [-0.39, 0.29) is 17.8 Å². The third kappa shape index (κ3) is 4.93. The van der Waals surface area contributed by atoms with E-state index in [1.807, 2.05) is 0 Å². The van der Waals surface area contributed by atoms with Gasteiger partial charge in [0.05, 0.1) is 5.56 Å². The van der Waals surface area contributed by atoms with E-state index < -0.39 is 17.6 Å². The van der Waals surface area contributed by atoms with E-state index >= 15 is 0 Å². The van der Waals surface area contributed by atoms with Crippen molar-refractivity contribution < 1.29 is 22.4 Å². The zero-order valence-corrected chi connectivity index (χ0v) is 11.7. The topological polar surface area (TPSA) is 17.1 Å². The van der Waals surface area contributed by atoms with E-state index in [0.29, 0.717) is 18.6 Å². The van der Waals surface area contributed by atoms with Crippen LogP contribution < -0.4 is 0 Å². The van der Waals surface area contributed by atoms with Crippen LogP contribution in [0.1, 0.15) is 41.6 Å². The average molecular weight is 341 g/mol. The van der Waals surface area contributed by atoms with Crippen molar-refractivity contribution in [2.75, 3.05) is 5.33 Å². The molecule has 0 fully saturated rings. The molecule has 0 bridgehead atoms. The summed E-state index contributed by atoms with van der Waals surface area (Å²) < 4.78 is 50.5. The number of halogens is 5. The summed E-state index contributed by atoms with van der Waals surface area (Å²) in [6, 6.07) is 2.37. The fourth-order valence-electron chi connectivity index (χ4n) is 1.62. The minimum atomic E-state index is -4.78. The molecule has 0 saturated heterocycles. The van der Waals surface area contributed by atoms with Crippen LogP contribution in [0.4, 0.5) is 17.6 Å². The number of ketones is 1. The van der Waals surface area contributed by atoms with Gasteiger partial charge in [-0.25, -0.2) is 4.39 Å². The van der Waals surface area contributed by atoms with Gasteiger partial charge in [0.2, 0.25) is 0 Å². The third-order valence-corrected chi connectivity index (χ3v) is 3.19. The standard InChI is InChI=1S/C13H13BrF4O/c14-7-3-1-2-4-12(19)9-5-6-11(15)10(8-9)13(16,17)18/h5-6,8H,1-4,7H2. The van der Waals surface area contributed by atoms with E-state index in [2.05, 4.69) is 15.9 Å². The Morgan fingerprint density at radius 2 is 1.84 bits per heavy atom. The predicted molar refractivity (Wildman–Crippen MR) is 68.0 cm³/mol. The molecule has 0 aromatic heterocycles.